The number of carbonyl (C=O) groups is 1. The van der Waals surface area contributed by atoms with Crippen LogP contribution < -0.4 is 10.6 Å². The fourth-order valence-electron chi connectivity index (χ4n) is 1.37. The van der Waals surface area contributed by atoms with Crippen LogP contribution in [0.5, 0.6) is 0 Å². The molecule has 17 heavy (non-hydrogen) atoms. The molecule has 0 aromatic carbocycles. The Labute approximate surface area is 107 Å². The van der Waals surface area contributed by atoms with Gasteiger partial charge in [0.1, 0.15) is 0 Å². The first kappa shape index (κ1) is 12.3. The Bertz CT molecular complexity index is 423. The molecular formula is C11H13BrFN3O. The van der Waals surface area contributed by atoms with E-state index >= 15 is 0 Å². The number of rotatable bonds is 5. The third-order valence-corrected chi connectivity index (χ3v) is 2.83. The molecule has 2 N–H and O–H groups in total. The molecule has 0 radical (unpaired) electrons. The van der Waals surface area contributed by atoms with Crippen LogP contribution in [0.15, 0.2) is 16.7 Å². The molecule has 2 rings (SSSR count). The average molecular weight is 302 g/mol. The summed E-state index contributed by atoms with van der Waals surface area (Å²) in [4.78, 5) is 15.2. The van der Waals surface area contributed by atoms with Gasteiger partial charge in [-0.15, -0.1) is 0 Å². The highest BCUT2D eigenvalue weighted by atomic mass is 79.9. The van der Waals surface area contributed by atoms with Gasteiger partial charge in [-0.2, -0.15) is 0 Å². The van der Waals surface area contributed by atoms with Crippen molar-refractivity contribution in [3.63, 3.8) is 0 Å². The van der Waals surface area contributed by atoms with Gasteiger partial charge in [-0.05, 0) is 34.8 Å². The SMILES string of the molecule is O=C(CCNc1ncc(Br)cc1F)NC1CC1. The van der Waals surface area contributed by atoms with Gasteiger partial charge >= 0.3 is 0 Å². The molecule has 0 bridgehead atoms. The van der Waals surface area contributed by atoms with Crippen molar-refractivity contribution in [2.24, 2.45) is 0 Å². The first-order valence-corrected chi connectivity index (χ1v) is 6.29. The smallest absolute Gasteiger partial charge is 0.221 e. The molecule has 6 heteroatoms. The second-order valence-electron chi connectivity index (χ2n) is 4.00. The summed E-state index contributed by atoms with van der Waals surface area (Å²) in [5, 5.41) is 5.66. The van der Waals surface area contributed by atoms with E-state index in [9.17, 15) is 9.18 Å². The van der Waals surface area contributed by atoms with E-state index in [1.807, 2.05) is 0 Å². The second kappa shape index (κ2) is 5.44. The molecule has 0 aliphatic heterocycles. The highest BCUT2D eigenvalue weighted by Crippen LogP contribution is 2.18. The summed E-state index contributed by atoms with van der Waals surface area (Å²) in [7, 11) is 0. The molecule has 1 saturated carbocycles. The summed E-state index contributed by atoms with van der Waals surface area (Å²) < 4.78 is 13.9. The number of nitrogens with one attached hydrogen (secondary N) is 2. The summed E-state index contributed by atoms with van der Waals surface area (Å²) in [6.45, 7) is 0.379. The summed E-state index contributed by atoms with van der Waals surface area (Å²) in [5.74, 6) is -0.257. The Kier molecular flexibility index (Phi) is 3.93. The van der Waals surface area contributed by atoms with Crippen molar-refractivity contribution in [2.45, 2.75) is 25.3 Å². The van der Waals surface area contributed by atoms with Crippen LogP contribution >= 0.6 is 15.9 Å². The van der Waals surface area contributed by atoms with Crippen molar-refractivity contribution in [2.75, 3.05) is 11.9 Å². The third kappa shape index (κ3) is 3.96. The minimum absolute atomic E-state index is 0.00230. The Morgan fingerprint density at radius 3 is 3.00 bits per heavy atom. The molecule has 0 unspecified atom stereocenters. The topological polar surface area (TPSA) is 54.0 Å². The van der Waals surface area contributed by atoms with Crippen molar-refractivity contribution in [3.8, 4) is 0 Å². The van der Waals surface area contributed by atoms with E-state index in [2.05, 4.69) is 31.5 Å². The summed E-state index contributed by atoms with van der Waals surface area (Å²) in [5.41, 5.74) is 0. The minimum atomic E-state index is -0.429. The fourth-order valence-corrected chi connectivity index (χ4v) is 1.67. The number of pyridine rings is 1. The van der Waals surface area contributed by atoms with Gasteiger partial charge in [-0.1, -0.05) is 0 Å². The molecule has 1 aliphatic rings. The molecule has 1 amide bonds. The lowest BCUT2D eigenvalue weighted by atomic mass is 10.3. The van der Waals surface area contributed by atoms with Crippen molar-refractivity contribution >= 4 is 27.7 Å². The molecule has 1 fully saturated rings. The normalized spacial score (nSPS) is 14.5. The van der Waals surface area contributed by atoms with Crippen LogP contribution in [0.1, 0.15) is 19.3 Å². The maximum atomic E-state index is 13.3. The predicted molar refractivity (Wildman–Crippen MR) is 66.2 cm³/mol. The van der Waals surface area contributed by atoms with E-state index in [-0.39, 0.29) is 11.7 Å². The standard InChI is InChI=1S/C11H13BrFN3O/c12-7-5-9(13)11(15-6-7)14-4-3-10(17)16-8-1-2-8/h5-6,8H,1-4H2,(H,14,15)(H,16,17). The summed E-state index contributed by atoms with van der Waals surface area (Å²) >= 11 is 3.13. The lowest BCUT2D eigenvalue weighted by molar-refractivity contribution is -0.120. The summed E-state index contributed by atoms with van der Waals surface area (Å²) in [6.07, 6.45) is 3.98. The Hall–Kier alpha value is -1.17. The van der Waals surface area contributed by atoms with Crippen molar-refractivity contribution in [1.29, 1.82) is 0 Å². The van der Waals surface area contributed by atoms with Crippen molar-refractivity contribution < 1.29 is 9.18 Å². The van der Waals surface area contributed by atoms with Gasteiger partial charge < -0.3 is 10.6 Å². The van der Waals surface area contributed by atoms with E-state index in [1.165, 1.54) is 12.3 Å². The number of hydrogen-bond donors (Lipinski definition) is 2. The van der Waals surface area contributed by atoms with Crippen LogP contribution in [0.2, 0.25) is 0 Å². The lowest BCUT2D eigenvalue weighted by Gasteiger charge is -2.07. The van der Waals surface area contributed by atoms with E-state index in [1.54, 1.807) is 0 Å². The first-order valence-electron chi connectivity index (χ1n) is 5.49. The zero-order valence-corrected chi connectivity index (χ0v) is 10.8. The van der Waals surface area contributed by atoms with Gasteiger partial charge in [0.2, 0.25) is 5.91 Å². The van der Waals surface area contributed by atoms with Crippen LogP contribution in [0.25, 0.3) is 0 Å². The maximum absolute atomic E-state index is 13.3. The molecular weight excluding hydrogens is 289 g/mol. The molecule has 1 aromatic heterocycles. The zero-order chi connectivity index (χ0) is 12.3. The Morgan fingerprint density at radius 2 is 2.35 bits per heavy atom. The highest BCUT2D eigenvalue weighted by Gasteiger charge is 2.22. The molecule has 0 saturated heterocycles. The fraction of sp³-hybridized carbons (Fsp3) is 0.455. The zero-order valence-electron chi connectivity index (χ0n) is 9.17. The molecule has 1 aromatic rings. The van der Waals surface area contributed by atoms with Crippen molar-refractivity contribution in [3.05, 3.63) is 22.6 Å². The van der Waals surface area contributed by atoms with Crippen LogP contribution in [-0.4, -0.2) is 23.5 Å². The number of amides is 1. The number of carbonyl (C=O) groups excluding carboxylic acids is 1. The second-order valence-corrected chi connectivity index (χ2v) is 4.92. The van der Waals surface area contributed by atoms with Gasteiger partial charge in [0.05, 0.1) is 0 Å². The largest absolute Gasteiger partial charge is 0.367 e. The lowest BCUT2D eigenvalue weighted by Crippen LogP contribution is -2.27. The summed E-state index contributed by atoms with van der Waals surface area (Å²) in [6, 6.07) is 1.70. The average Bonchev–Trinajstić information content (AvgIpc) is 3.05. The van der Waals surface area contributed by atoms with Gasteiger partial charge in [0, 0.05) is 29.7 Å². The Balaban J connectivity index is 1.75. The van der Waals surface area contributed by atoms with E-state index in [0.29, 0.717) is 23.5 Å². The monoisotopic (exact) mass is 301 g/mol. The van der Waals surface area contributed by atoms with Crippen LogP contribution in [0, 0.1) is 5.82 Å². The number of hydrogen-bond acceptors (Lipinski definition) is 3. The number of halogens is 2. The van der Waals surface area contributed by atoms with Gasteiger partial charge in [0.15, 0.2) is 11.6 Å². The predicted octanol–water partition coefficient (Wildman–Crippen LogP) is 2.06. The Morgan fingerprint density at radius 1 is 1.59 bits per heavy atom. The van der Waals surface area contributed by atoms with E-state index < -0.39 is 5.82 Å². The van der Waals surface area contributed by atoms with E-state index in [0.717, 1.165) is 12.8 Å². The van der Waals surface area contributed by atoms with Gasteiger partial charge in [0.25, 0.3) is 0 Å². The molecule has 4 nitrogen and oxygen atoms in total. The van der Waals surface area contributed by atoms with Crippen LogP contribution in [0.4, 0.5) is 10.2 Å². The molecule has 0 spiro atoms. The number of nitrogens with zero attached hydrogens (tertiary/aromatic N) is 1. The molecule has 92 valence electrons. The maximum Gasteiger partial charge on any atom is 0.221 e. The van der Waals surface area contributed by atoms with Gasteiger partial charge in [-0.25, -0.2) is 9.37 Å². The quantitative estimate of drug-likeness (QED) is 0.875. The highest BCUT2D eigenvalue weighted by molar-refractivity contribution is 9.10. The molecule has 0 atom stereocenters. The molecule has 1 heterocycles. The first-order chi connectivity index (χ1) is 8.15. The van der Waals surface area contributed by atoms with Gasteiger partial charge in [-0.3, -0.25) is 4.79 Å². The number of aromatic nitrogens is 1. The number of anilines is 1. The molecule has 1 aliphatic carbocycles. The van der Waals surface area contributed by atoms with Crippen LogP contribution in [0.3, 0.4) is 0 Å². The minimum Gasteiger partial charge on any atom is -0.367 e. The third-order valence-electron chi connectivity index (χ3n) is 2.39. The van der Waals surface area contributed by atoms with Crippen LogP contribution in [-0.2, 0) is 4.79 Å². The van der Waals surface area contributed by atoms with E-state index in [4.69, 9.17) is 0 Å². The van der Waals surface area contributed by atoms with Crippen molar-refractivity contribution in [1.82, 2.24) is 10.3 Å².